The first-order valence-electron chi connectivity index (χ1n) is 8.92. The van der Waals surface area contributed by atoms with E-state index in [9.17, 15) is 9.59 Å². The summed E-state index contributed by atoms with van der Waals surface area (Å²) in [5.74, 6) is 1.57. The van der Waals surface area contributed by atoms with Crippen molar-refractivity contribution in [3.05, 3.63) is 41.5 Å². The SMILES string of the molecule is COc1ccc(CN2CC(=O)N(Cc3noc(C(C)C)n3)[C@@H](C)C2=O)cc1. The molecule has 1 fully saturated rings. The second-order valence-electron chi connectivity index (χ2n) is 6.94. The summed E-state index contributed by atoms with van der Waals surface area (Å²) in [5.41, 5.74) is 0.942. The molecular weight excluding hydrogens is 348 g/mol. The number of piperazine rings is 1. The lowest BCUT2D eigenvalue weighted by Crippen LogP contribution is -2.58. The molecule has 1 aromatic heterocycles. The van der Waals surface area contributed by atoms with Gasteiger partial charge in [-0.15, -0.1) is 0 Å². The second kappa shape index (κ2) is 7.77. The van der Waals surface area contributed by atoms with E-state index in [2.05, 4.69) is 10.1 Å². The molecule has 1 aliphatic rings. The number of hydrogen-bond donors (Lipinski definition) is 0. The van der Waals surface area contributed by atoms with E-state index in [0.717, 1.165) is 11.3 Å². The van der Waals surface area contributed by atoms with Gasteiger partial charge in [-0.1, -0.05) is 31.1 Å². The van der Waals surface area contributed by atoms with Gasteiger partial charge in [0.25, 0.3) is 0 Å². The number of rotatable bonds is 6. The van der Waals surface area contributed by atoms with Crippen LogP contribution in [0, 0.1) is 0 Å². The Kier molecular flexibility index (Phi) is 5.43. The van der Waals surface area contributed by atoms with E-state index in [1.807, 2.05) is 38.1 Å². The molecular formula is C19H24N4O4. The third-order valence-electron chi connectivity index (χ3n) is 4.60. The van der Waals surface area contributed by atoms with Gasteiger partial charge in [0.15, 0.2) is 5.82 Å². The maximum Gasteiger partial charge on any atom is 0.245 e. The number of methoxy groups -OCH3 is 1. The summed E-state index contributed by atoms with van der Waals surface area (Å²) in [7, 11) is 1.60. The number of hydrogen-bond acceptors (Lipinski definition) is 6. The molecule has 1 saturated heterocycles. The molecule has 1 aromatic carbocycles. The van der Waals surface area contributed by atoms with Crippen LogP contribution in [0.1, 0.15) is 44.0 Å². The Hall–Kier alpha value is -2.90. The molecule has 8 heteroatoms. The molecule has 0 radical (unpaired) electrons. The topological polar surface area (TPSA) is 88.8 Å². The van der Waals surface area contributed by atoms with Crippen LogP contribution in [0.15, 0.2) is 28.8 Å². The summed E-state index contributed by atoms with van der Waals surface area (Å²) in [6, 6.07) is 6.87. The Morgan fingerprint density at radius 3 is 2.52 bits per heavy atom. The van der Waals surface area contributed by atoms with Gasteiger partial charge in [0.2, 0.25) is 17.7 Å². The van der Waals surface area contributed by atoms with Crippen LogP contribution in [-0.4, -0.2) is 51.5 Å². The molecule has 0 spiro atoms. The van der Waals surface area contributed by atoms with Gasteiger partial charge < -0.3 is 19.1 Å². The second-order valence-corrected chi connectivity index (χ2v) is 6.94. The lowest BCUT2D eigenvalue weighted by Gasteiger charge is -2.38. The molecule has 2 heterocycles. The maximum atomic E-state index is 12.8. The standard InChI is InChI=1S/C19H24N4O4/c1-12(2)18-20-16(21-27-18)10-23-13(3)19(25)22(11-17(23)24)9-14-5-7-15(26-4)8-6-14/h5-8,12-13H,9-11H2,1-4H3/t13-/m0/s1. The van der Waals surface area contributed by atoms with Gasteiger partial charge in [0.1, 0.15) is 18.3 Å². The van der Waals surface area contributed by atoms with E-state index in [4.69, 9.17) is 9.26 Å². The summed E-state index contributed by atoms with van der Waals surface area (Å²) in [4.78, 5) is 32.7. The zero-order chi connectivity index (χ0) is 19.6. The van der Waals surface area contributed by atoms with Crippen LogP contribution >= 0.6 is 0 Å². The van der Waals surface area contributed by atoms with E-state index in [0.29, 0.717) is 18.3 Å². The molecule has 0 saturated carbocycles. The van der Waals surface area contributed by atoms with E-state index in [1.54, 1.807) is 18.9 Å². The van der Waals surface area contributed by atoms with Crippen molar-refractivity contribution in [3.63, 3.8) is 0 Å². The minimum Gasteiger partial charge on any atom is -0.497 e. The molecule has 8 nitrogen and oxygen atoms in total. The van der Waals surface area contributed by atoms with E-state index in [1.165, 1.54) is 4.90 Å². The average molecular weight is 372 g/mol. The molecule has 0 bridgehead atoms. The number of aromatic nitrogens is 2. The normalized spacial score (nSPS) is 17.7. The van der Waals surface area contributed by atoms with Crippen LogP contribution in [0.2, 0.25) is 0 Å². The van der Waals surface area contributed by atoms with Crippen molar-refractivity contribution in [2.45, 2.75) is 45.8 Å². The minimum atomic E-state index is -0.578. The van der Waals surface area contributed by atoms with Gasteiger partial charge in [-0.25, -0.2) is 0 Å². The number of benzene rings is 1. The molecule has 1 atom stereocenters. The van der Waals surface area contributed by atoms with Crippen molar-refractivity contribution in [1.82, 2.24) is 19.9 Å². The fourth-order valence-electron chi connectivity index (χ4n) is 2.97. The number of carbonyl (C=O) groups excluding carboxylic acids is 2. The van der Waals surface area contributed by atoms with Gasteiger partial charge in [-0.05, 0) is 24.6 Å². The first kappa shape index (κ1) is 18.9. The Morgan fingerprint density at radius 2 is 1.93 bits per heavy atom. The first-order valence-corrected chi connectivity index (χ1v) is 8.92. The number of ether oxygens (including phenoxy) is 1. The average Bonchev–Trinajstić information content (AvgIpc) is 3.13. The van der Waals surface area contributed by atoms with Crippen LogP contribution in [-0.2, 0) is 22.7 Å². The molecule has 2 aromatic rings. The predicted octanol–water partition coefficient (Wildman–Crippen LogP) is 1.96. The van der Waals surface area contributed by atoms with Crippen LogP contribution in [0.25, 0.3) is 0 Å². The zero-order valence-electron chi connectivity index (χ0n) is 16.0. The Labute approximate surface area is 158 Å². The lowest BCUT2D eigenvalue weighted by molar-refractivity contribution is -0.156. The Bertz CT molecular complexity index is 815. The molecule has 3 rings (SSSR count). The summed E-state index contributed by atoms with van der Waals surface area (Å²) >= 11 is 0. The summed E-state index contributed by atoms with van der Waals surface area (Å²) in [6.45, 7) is 6.21. The van der Waals surface area contributed by atoms with Crippen molar-refractivity contribution in [1.29, 1.82) is 0 Å². The van der Waals surface area contributed by atoms with Gasteiger partial charge in [-0.2, -0.15) is 4.98 Å². The smallest absolute Gasteiger partial charge is 0.245 e. The van der Waals surface area contributed by atoms with Gasteiger partial charge in [-0.3, -0.25) is 9.59 Å². The van der Waals surface area contributed by atoms with Crippen molar-refractivity contribution >= 4 is 11.8 Å². The molecule has 144 valence electrons. The van der Waals surface area contributed by atoms with Crippen LogP contribution in [0.5, 0.6) is 5.75 Å². The van der Waals surface area contributed by atoms with Crippen molar-refractivity contribution in [2.24, 2.45) is 0 Å². The number of carbonyl (C=O) groups is 2. The van der Waals surface area contributed by atoms with Crippen molar-refractivity contribution in [2.75, 3.05) is 13.7 Å². The number of amides is 2. The van der Waals surface area contributed by atoms with Crippen LogP contribution < -0.4 is 4.74 Å². The van der Waals surface area contributed by atoms with Gasteiger partial charge in [0, 0.05) is 12.5 Å². The maximum absolute atomic E-state index is 12.8. The number of nitrogens with zero attached hydrogens (tertiary/aromatic N) is 4. The molecule has 0 N–H and O–H groups in total. The highest BCUT2D eigenvalue weighted by Gasteiger charge is 2.37. The summed E-state index contributed by atoms with van der Waals surface area (Å²) in [6.07, 6.45) is 0. The summed E-state index contributed by atoms with van der Waals surface area (Å²) in [5, 5.41) is 3.91. The zero-order valence-corrected chi connectivity index (χ0v) is 16.0. The fraction of sp³-hybridized carbons (Fsp3) is 0.474. The van der Waals surface area contributed by atoms with Gasteiger partial charge >= 0.3 is 0 Å². The van der Waals surface area contributed by atoms with Gasteiger partial charge in [0.05, 0.1) is 13.7 Å². The Morgan fingerprint density at radius 1 is 1.22 bits per heavy atom. The third kappa shape index (κ3) is 4.10. The van der Waals surface area contributed by atoms with Crippen molar-refractivity contribution < 1.29 is 18.8 Å². The fourth-order valence-corrected chi connectivity index (χ4v) is 2.97. The van der Waals surface area contributed by atoms with E-state index >= 15 is 0 Å². The quantitative estimate of drug-likeness (QED) is 0.770. The largest absolute Gasteiger partial charge is 0.497 e. The predicted molar refractivity (Wildman–Crippen MR) is 96.8 cm³/mol. The Balaban J connectivity index is 1.67. The monoisotopic (exact) mass is 372 g/mol. The molecule has 0 unspecified atom stereocenters. The van der Waals surface area contributed by atoms with Crippen molar-refractivity contribution in [3.8, 4) is 5.75 Å². The summed E-state index contributed by atoms with van der Waals surface area (Å²) < 4.78 is 10.3. The van der Waals surface area contributed by atoms with Crippen LogP contribution in [0.4, 0.5) is 0 Å². The first-order chi connectivity index (χ1) is 12.9. The highest BCUT2D eigenvalue weighted by molar-refractivity contribution is 5.94. The lowest BCUT2D eigenvalue weighted by atomic mass is 10.1. The highest BCUT2D eigenvalue weighted by Crippen LogP contribution is 2.20. The molecule has 0 aliphatic carbocycles. The highest BCUT2D eigenvalue weighted by atomic mass is 16.5. The van der Waals surface area contributed by atoms with Crippen LogP contribution in [0.3, 0.4) is 0 Å². The molecule has 27 heavy (non-hydrogen) atoms. The molecule has 2 amide bonds. The van der Waals surface area contributed by atoms with E-state index < -0.39 is 6.04 Å². The molecule has 1 aliphatic heterocycles. The minimum absolute atomic E-state index is 0.0318. The van der Waals surface area contributed by atoms with E-state index in [-0.39, 0.29) is 30.8 Å². The third-order valence-corrected chi connectivity index (χ3v) is 4.60.